The first-order chi connectivity index (χ1) is 59.3. The minimum atomic E-state index is -4.90. The third-order valence-electron chi connectivity index (χ3n) is 22.1. The fraction of sp³-hybridized carbons (Fsp3) is 0.0909. The lowest BCUT2D eigenvalue weighted by molar-refractivity contribution is -0.140. The highest BCUT2D eigenvalue weighted by atomic mass is 19.4. The lowest BCUT2D eigenvalue weighted by atomic mass is 10.0. The quantitative estimate of drug-likeness (QED) is 0.0846. The smallest absolute Gasteiger partial charge is 0.368 e. The van der Waals surface area contributed by atoms with Gasteiger partial charge in [0.25, 0.3) is 28.1 Å². The van der Waals surface area contributed by atoms with Crippen molar-refractivity contribution >= 4 is 99.0 Å². The number of aromatic nitrogens is 14. The number of nitrogens with two attached hydrogens (primary N) is 1. The van der Waals surface area contributed by atoms with E-state index in [0.717, 1.165) is 166 Å². The van der Waals surface area contributed by atoms with E-state index in [4.69, 9.17) is 12.3 Å². The van der Waals surface area contributed by atoms with Crippen molar-refractivity contribution in [3.63, 3.8) is 0 Å². The Hall–Kier alpha value is -16.2. The number of hydrogen-bond donors (Lipinski definition) is 1. The van der Waals surface area contributed by atoms with Crippen LogP contribution in [0.3, 0.4) is 0 Å². The number of halogens is 4. The van der Waals surface area contributed by atoms with Crippen molar-refractivity contribution in [3.05, 3.63) is 384 Å². The van der Waals surface area contributed by atoms with Gasteiger partial charge in [0.2, 0.25) is 5.95 Å². The lowest BCUT2D eigenvalue weighted by Gasteiger charge is -2.15. The Balaban J connectivity index is 0.000000116. The van der Waals surface area contributed by atoms with Crippen LogP contribution < -0.4 is 28.0 Å². The Morgan fingerprint density at radius 3 is 1.01 bits per heavy atom. The van der Waals surface area contributed by atoms with Crippen LogP contribution in [0, 0.1) is 60.9 Å². The molecule has 0 radical (unpaired) electrons. The van der Waals surface area contributed by atoms with Crippen LogP contribution in [0.25, 0.3) is 159 Å². The van der Waals surface area contributed by atoms with Crippen LogP contribution in [0.1, 0.15) is 44.6 Å². The second-order valence-corrected chi connectivity index (χ2v) is 30.1. The molecular formula is C99H72F4N16O4. The van der Waals surface area contributed by atoms with Gasteiger partial charge in [0, 0.05) is 169 Å². The zero-order valence-corrected chi connectivity index (χ0v) is 67.5. The van der Waals surface area contributed by atoms with Gasteiger partial charge in [0.05, 0.1) is 61.6 Å². The summed E-state index contributed by atoms with van der Waals surface area (Å²) in [7, 11) is 1.90. The number of rotatable bonds is 8. The van der Waals surface area contributed by atoms with E-state index in [1.54, 1.807) is 98.2 Å². The van der Waals surface area contributed by atoms with E-state index < -0.39 is 23.1 Å². The van der Waals surface area contributed by atoms with Gasteiger partial charge in [-0.05, 0) is 244 Å². The summed E-state index contributed by atoms with van der Waals surface area (Å²) in [5.41, 5.74) is 27.0. The number of nitrogens with zero attached hydrogens (tertiary/aromatic N) is 15. The van der Waals surface area contributed by atoms with Crippen LogP contribution in [0.2, 0.25) is 0 Å². The van der Waals surface area contributed by atoms with Crippen molar-refractivity contribution in [1.29, 1.82) is 0 Å². The summed E-state index contributed by atoms with van der Waals surface area (Å²) >= 11 is 0. The molecule has 0 aliphatic heterocycles. The van der Waals surface area contributed by atoms with Gasteiger partial charge in [-0.1, -0.05) is 61.2 Å². The third kappa shape index (κ3) is 15.6. The molecule has 0 saturated heterocycles. The monoisotopic (exact) mass is 1620 g/mol. The van der Waals surface area contributed by atoms with Gasteiger partial charge in [0.1, 0.15) is 12.0 Å². The summed E-state index contributed by atoms with van der Waals surface area (Å²) in [5, 5.41) is 10.8. The van der Waals surface area contributed by atoms with E-state index in [-0.39, 0.29) is 28.3 Å². The van der Waals surface area contributed by atoms with Gasteiger partial charge in [-0.3, -0.25) is 67.0 Å². The summed E-state index contributed by atoms with van der Waals surface area (Å²) in [6.07, 6.45) is 12.7. The first-order valence-corrected chi connectivity index (χ1v) is 39.0. The number of hydrogen-bond acceptors (Lipinski definition) is 14. The standard InChI is InChI=1S/C26H18N4O.C25H15F4N3O.C24H19N5O.C24H20N4O/c1-16-4-8-21(12-17(16)2)30-25(31)11-7-20-15-28-23-9-5-18(13-22(23)26(20)30)19-6-10-24(27-3)29-14-19;1-14-2-3-16(12-30-14)15-4-8-22-19(10-15)24-17(13-31-22)5-9-23(33)32(24)18-6-7-21(26)20(11-18)25(27,28)29;1-14-3-6-19(9-15(14)2)29-22(30)8-5-17-11-26-21-7-4-16(10-20(21)23(17)29)18-12-27-24(25)28-13-18;1-15-4-7-20(10-16(15)2)28-23(29)9-6-18-12-25-22-8-5-17(11-21(22)24(18)28)19-13-26-27(3)14-19/h4-15H,1-2H3;2-13H,1H3;3-13H,1-2H3,(H2,25,27,28);4-14H,1-3H3. The molecule has 0 unspecified atom stereocenters. The first-order valence-electron chi connectivity index (χ1n) is 39.0. The molecule has 20 rings (SSSR count). The number of aryl methyl sites for hydroxylation is 8. The summed E-state index contributed by atoms with van der Waals surface area (Å²) in [6, 6.07) is 64.7. The van der Waals surface area contributed by atoms with Gasteiger partial charge in [0.15, 0.2) is 0 Å². The molecule has 123 heavy (non-hydrogen) atoms. The maximum Gasteiger partial charge on any atom is 0.419 e. The number of pyridine rings is 10. The van der Waals surface area contributed by atoms with Crippen molar-refractivity contribution in [3.8, 4) is 67.3 Å². The molecule has 0 amide bonds. The van der Waals surface area contributed by atoms with Crippen LogP contribution in [0.15, 0.2) is 300 Å². The van der Waals surface area contributed by atoms with Crippen molar-refractivity contribution in [2.75, 3.05) is 5.73 Å². The Labute approximate surface area is 699 Å². The predicted molar refractivity (Wildman–Crippen MR) is 478 cm³/mol. The van der Waals surface area contributed by atoms with Crippen molar-refractivity contribution in [1.82, 2.24) is 67.9 Å². The number of benzene rings is 8. The van der Waals surface area contributed by atoms with E-state index in [2.05, 4.69) is 95.7 Å². The molecule has 0 fully saturated rings. The van der Waals surface area contributed by atoms with E-state index in [1.807, 2.05) is 186 Å². The predicted octanol–water partition coefficient (Wildman–Crippen LogP) is 20.6. The molecule has 24 heteroatoms. The normalized spacial score (nSPS) is 11.4. The highest BCUT2D eigenvalue weighted by molar-refractivity contribution is 6.09. The maximum atomic E-state index is 13.9. The van der Waals surface area contributed by atoms with Gasteiger partial charge >= 0.3 is 6.18 Å². The lowest BCUT2D eigenvalue weighted by Crippen LogP contribution is -2.19. The van der Waals surface area contributed by atoms with Gasteiger partial charge < -0.3 is 10.6 Å². The molecule has 0 aliphatic rings. The van der Waals surface area contributed by atoms with Crippen molar-refractivity contribution < 1.29 is 17.6 Å². The number of anilines is 1. The number of fused-ring (bicyclic) bond motifs is 12. The molecular weight excluding hydrogens is 1550 g/mol. The first kappa shape index (κ1) is 79.3. The average Bonchev–Trinajstić information content (AvgIpc) is 1.65. The highest BCUT2D eigenvalue weighted by Crippen LogP contribution is 2.38. The van der Waals surface area contributed by atoms with E-state index in [9.17, 15) is 36.7 Å². The highest BCUT2D eigenvalue weighted by Gasteiger charge is 2.35. The van der Waals surface area contributed by atoms with Crippen molar-refractivity contribution in [2.24, 2.45) is 7.05 Å². The summed E-state index contributed by atoms with van der Waals surface area (Å²) < 4.78 is 62.2. The fourth-order valence-electron chi connectivity index (χ4n) is 15.2. The van der Waals surface area contributed by atoms with Gasteiger partial charge in [-0.15, -0.1) is 4.98 Å². The second-order valence-electron chi connectivity index (χ2n) is 30.1. The zero-order chi connectivity index (χ0) is 85.8. The summed E-state index contributed by atoms with van der Waals surface area (Å²) in [6.45, 7) is 21.3. The summed E-state index contributed by atoms with van der Waals surface area (Å²) in [5.74, 6) is -0.810. The molecule has 0 bridgehead atoms. The minimum Gasteiger partial charge on any atom is -0.368 e. The molecule has 0 spiro atoms. The van der Waals surface area contributed by atoms with E-state index in [1.165, 1.54) is 22.8 Å². The average molecular weight is 1630 g/mol. The second kappa shape index (κ2) is 32.3. The van der Waals surface area contributed by atoms with Crippen LogP contribution in [-0.4, -0.2) is 67.9 Å². The maximum absolute atomic E-state index is 13.9. The van der Waals surface area contributed by atoms with Gasteiger partial charge in [-0.2, -0.15) is 18.3 Å². The molecule has 600 valence electrons. The molecule has 12 aromatic heterocycles. The van der Waals surface area contributed by atoms with Crippen LogP contribution in [0.5, 0.6) is 0 Å². The fourth-order valence-corrected chi connectivity index (χ4v) is 15.2. The Morgan fingerprint density at radius 1 is 0.333 bits per heavy atom. The number of alkyl halides is 3. The van der Waals surface area contributed by atoms with E-state index >= 15 is 0 Å². The van der Waals surface area contributed by atoms with Gasteiger partial charge in [-0.25, -0.2) is 14.4 Å². The topological polar surface area (TPSA) is 239 Å². The van der Waals surface area contributed by atoms with Crippen LogP contribution >= 0.6 is 0 Å². The Kier molecular flexibility index (Phi) is 20.8. The number of nitrogen functional groups attached to an aromatic ring is 1. The van der Waals surface area contributed by atoms with Crippen LogP contribution in [-0.2, 0) is 13.2 Å². The molecule has 12 heterocycles. The zero-order valence-electron chi connectivity index (χ0n) is 67.5. The summed E-state index contributed by atoms with van der Waals surface area (Å²) in [4.78, 5) is 90.1. The van der Waals surface area contributed by atoms with Crippen LogP contribution in [0.4, 0.5) is 29.3 Å². The molecule has 0 saturated carbocycles. The molecule has 20 aromatic rings. The minimum absolute atomic E-state index is 0.0555. The SMILES string of the molecule is Cc1ccc(-c2ccc3ncc4ccc(=O)n(-c5ccc(F)c(C(F)(F)F)c5)c4c3c2)cn1.Cc1ccc(-n2c(=O)ccc3cnc4ccc(-c5cnc(N)nc5)cc4c32)cc1C.Cc1ccc(-n2c(=O)ccc3cnc4ccc(-c5cnn(C)c5)cc4c32)cc1C.[C-]#[N+]c1ccc(-c2ccc3ncc4ccc(=O)n(-c5ccc(C)c(C)c5)c4c3c2)cn1. The third-order valence-corrected chi connectivity index (χ3v) is 22.1. The molecule has 8 aromatic carbocycles. The molecule has 2 N–H and O–H groups in total. The van der Waals surface area contributed by atoms with E-state index in [0.29, 0.717) is 33.7 Å². The van der Waals surface area contributed by atoms with Crippen molar-refractivity contribution in [2.45, 2.75) is 54.6 Å². The Morgan fingerprint density at radius 2 is 0.675 bits per heavy atom. The molecule has 0 atom stereocenters. The molecule has 20 nitrogen and oxygen atoms in total. The Bertz CT molecular complexity index is 7990. The molecule has 0 aliphatic carbocycles. The largest absolute Gasteiger partial charge is 0.419 e.